The molecule has 3 aromatic rings. The van der Waals surface area contributed by atoms with Crippen LogP contribution in [0.25, 0.3) is 11.3 Å². The first kappa shape index (κ1) is 17.2. The fraction of sp³-hybridized carbons (Fsp3) is 0.105. The molecule has 1 heterocycles. The molecule has 2 N–H and O–H groups in total. The zero-order chi connectivity index (χ0) is 18.4. The molecule has 0 fully saturated rings. The number of aromatic amines is 1. The molecule has 0 aliphatic heterocycles. The van der Waals surface area contributed by atoms with Gasteiger partial charge in [-0.05, 0) is 18.2 Å². The predicted molar refractivity (Wildman–Crippen MR) is 98.6 cm³/mol. The van der Waals surface area contributed by atoms with Crippen LogP contribution in [0.5, 0.6) is 11.5 Å². The molecule has 0 spiro atoms. The molecule has 0 saturated carbocycles. The molecule has 0 bridgehead atoms. The highest BCUT2D eigenvalue weighted by molar-refractivity contribution is 5.94. The summed E-state index contributed by atoms with van der Waals surface area (Å²) in [4.78, 5) is 12.2. The van der Waals surface area contributed by atoms with Gasteiger partial charge in [-0.3, -0.25) is 9.89 Å². The lowest BCUT2D eigenvalue weighted by Crippen LogP contribution is -2.18. The second kappa shape index (κ2) is 7.98. The molecule has 1 amide bonds. The summed E-state index contributed by atoms with van der Waals surface area (Å²) < 4.78 is 10.5. The number of aromatic nitrogens is 2. The van der Waals surface area contributed by atoms with Crippen molar-refractivity contribution >= 4 is 12.1 Å². The number of carbonyl (C=O) groups is 1. The van der Waals surface area contributed by atoms with Crippen LogP contribution in [0.15, 0.2) is 59.7 Å². The number of rotatable bonds is 6. The molecule has 0 saturated heterocycles. The lowest BCUT2D eigenvalue weighted by atomic mass is 10.1. The van der Waals surface area contributed by atoms with Gasteiger partial charge in [0.2, 0.25) is 0 Å². The molecule has 2 aromatic carbocycles. The molecular weight excluding hydrogens is 332 g/mol. The second-order valence-corrected chi connectivity index (χ2v) is 5.31. The van der Waals surface area contributed by atoms with Crippen LogP contribution in [0, 0.1) is 0 Å². The molecule has 26 heavy (non-hydrogen) atoms. The van der Waals surface area contributed by atoms with Crippen LogP contribution in [0.3, 0.4) is 0 Å². The maximum atomic E-state index is 12.2. The standard InChI is InChI=1S/C19H18N4O3/c1-25-17-10-6-9-14(18(17)26-2)12-20-23-19(24)16-11-15(21-22-16)13-7-4-3-5-8-13/h3-12H,1-2H3,(H,21,22)(H,23,24). The molecule has 0 radical (unpaired) electrons. The number of H-pyrrole nitrogens is 1. The van der Waals surface area contributed by atoms with Crippen LogP contribution >= 0.6 is 0 Å². The molecule has 7 nitrogen and oxygen atoms in total. The van der Waals surface area contributed by atoms with Gasteiger partial charge in [0.15, 0.2) is 11.5 Å². The normalized spacial score (nSPS) is 10.7. The van der Waals surface area contributed by atoms with E-state index in [0.29, 0.717) is 28.5 Å². The van der Waals surface area contributed by atoms with E-state index in [1.165, 1.54) is 6.21 Å². The van der Waals surface area contributed by atoms with Gasteiger partial charge in [0.05, 0.1) is 26.1 Å². The van der Waals surface area contributed by atoms with Crippen molar-refractivity contribution in [3.63, 3.8) is 0 Å². The van der Waals surface area contributed by atoms with E-state index in [0.717, 1.165) is 5.56 Å². The summed E-state index contributed by atoms with van der Waals surface area (Å²) in [5.41, 5.74) is 5.08. The average Bonchev–Trinajstić information content (AvgIpc) is 3.18. The number of hydrazone groups is 1. The van der Waals surface area contributed by atoms with Gasteiger partial charge >= 0.3 is 0 Å². The predicted octanol–water partition coefficient (Wildman–Crippen LogP) is 2.86. The minimum atomic E-state index is -0.391. The summed E-state index contributed by atoms with van der Waals surface area (Å²) in [5, 5.41) is 10.8. The first-order valence-electron chi connectivity index (χ1n) is 7.88. The molecule has 0 aliphatic rings. The van der Waals surface area contributed by atoms with Crippen molar-refractivity contribution in [2.45, 2.75) is 0 Å². The van der Waals surface area contributed by atoms with E-state index in [1.807, 2.05) is 36.4 Å². The molecule has 132 valence electrons. The number of amides is 1. The maximum absolute atomic E-state index is 12.2. The van der Waals surface area contributed by atoms with Crippen molar-refractivity contribution in [1.82, 2.24) is 15.6 Å². The van der Waals surface area contributed by atoms with E-state index in [9.17, 15) is 4.79 Å². The number of methoxy groups -OCH3 is 2. The third-order valence-electron chi connectivity index (χ3n) is 3.70. The Morgan fingerprint density at radius 1 is 1.12 bits per heavy atom. The van der Waals surface area contributed by atoms with Gasteiger partial charge in [-0.1, -0.05) is 36.4 Å². The number of nitrogens with zero attached hydrogens (tertiary/aromatic N) is 2. The number of hydrogen-bond acceptors (Lipinski definition) is 5. The summed E-state index contributed by atoms with van der Waals surface area (Å²) in [6.07, 6.45) is 1.49. The van der Waals surface area contributed by atoms with Crippen molar-refractivity contribution in [3.8, 4) is 22.8 Å². The zero-order valence-corrected chi connectivity index (χ0v) is 14.4. The Balaban J connectivity index is 1.70. The number of nitrogens with one attached hydrogen (secondary N) is 2. The van der Waals surface area contributed by atoms with Crippen molar-refractivity contribution in [2.75, 3.05) is 14.2 Å². The van der Waals surface area contributed by atoms with Gasteiger partial charge in [0, 0.05) is 11.1 Å². The van der Waals surface area contributed by atoms with Crippen molar-refractivity contribution in [3.05, 3.63) is 65.9 Å². The van der Waals surface area contributed by atoms with Gasteiger partial charge in [0.1, 0.15) is 5.69 Å². The Labute approximate surface area is 150 Å². The largest absolute Gasteiger partial charge is 0.493 e. The highest BCUT2D eigenvalue weighted by Crippen LogP contribution is 2.29. The maximum Gasteiger partial charge on any atom is 0.289 e. The Morgan fingerprint density at radius 3 is 2.65 bits per heavy atom. The van der Waals surface area contributed by atoms with Crippen LogP contribution in [0.1, 0.15) is 16.1 Å². The molecule has 7 heteroatoms. The van der Waals surface area contributed by atoms with Gasteiger partial charge in [-0.15, -0.1) is 0 Å². The van der Waals surface area contributed by atoms with Crippen molar-refractivity contribution in [2.24, 2.45) is 5.10 Å². The minimum Gasteiger partial charge on any atom is -0.493 e. The van der Waals surface area contributed by atoms with Gasteiger partial charge in [-0.25, -0.2) is 5.43 Å². The van der Waals surface area contributed by atoms with Crippen LogP contribution in [-0.2, 0) is 0 Å². The number of para-hydroxylation sites is 1. The topological polar surface area (TPSA) is 88.6 Å². The van der Waals surface area contributed by atoms with E-state index >= 15 is 0 Å². The zero-order valence-electron chi connectivity index (χ0n) is 14.4. The van der Waals surface area contributed by atoms with Crippen LogP contribution in [0.2, 0.25) is 0 Å². The van der Waals surface area contributed by atoms with E-state index in [-0.39, 0.29) is 0 Å². The van der Waals surface area contributed by atoms with E-state index in [4.69, 9.17) is 9.47 Å². The lowest BCUT2D eigenvalue weighted by Gasteiger charge is -2.09. The fourth-order valence-corrected chi connectivity index (χ4v) is 2.43. The summed E-state index contributed by atoms with van der Waals surface area (Å²) >= 11 is 0. The molecule has 1 aromatic heterocycles. The number of carbonyl (C=O) groups excluding carboxylic acids is 1. The molecule has 3 rings (SSSR count). The minimum absolute atomic E-state index is 0.318. The highest BCUT2D eigenvalue weighted by atomic mass is 16.5. The lowest BCUT2D eigenvalue weighted by molar-refractivity contribution is 0.0950. The van der Waals surface area contributed by atoms with Gasteiger partial charge < -0.3 is 9.47 Å². The van der Waals surface area contributed by atoms with Crippen molar-refractivity contribution in [1.29, 1.82) is 0 Å². The Hall–Kier alpha value is -3.61. The highest BCUT2D eigenvalue weighted by Gasteiger charge is 2.11. The SMILES string of the molecule is COc1cccc(C=NNC(=O)c2cc(-c3ccccc3)n[nH]2)c1OC. The quantitative estimate of drug-likeness (QED) is 0.528. The molecular formula is C19H18N4O3. The smallest absolute Gasteiger partial charge is 0.289 e. The summed E-state index contributed by atoms with van der Waals surface area (Å²) in [5.74, 6) is 0.738. The molecule has 0 unspecified atom stereocenters. The molecule has 0 aliphatic carbocycles. The average molecular weight is 350 g/mol. The Morgan fingerprint density at radius 2 is 1.92 bits per heavy atom. The number of benzene rings is 2. The second-order valence-electron chi connectivity index (χ2n) is 5.31. The van der Waals surface area contributed by atoms with Gasteiger partial charge in [0.25, 0.3) is 5.91 Å². The van der Waals surface area contributed by atoms with E-state index in [2.05, 4.69) is 20.7 Å². The van der Waals surface area contributed by atoms with E-state index in [1.54, 1.807) is 32.4 Å². The van der Waals surface area contributed by atoms with Crippen molar-refractivity contribution < 1.29 is 14.3 Å². The first-order valence-corrected chi connectivity index (χ1v) is 7.88. The Kier molecular flexibility index (Phi) is 5.28. The summed E-state index contributed by atoms with van der Waals surface area (Å²) in [6, 6.07) is 16.7. The number of ether oxygens (including phenoxy) is 2. The van der Waals surface area contributed by atoms with Gasteiger partial charge in [-0.2, -0.15) is 10.2 Å². The van der Waals surface area contributed by atoms with Crippen LogP contribution < -0.4 is 14.9 Å². The third kappa shape index (κ3) is 3.72. The van der Waals surface area contributed by atoms with E-state index < -0.39 is 5.91 Å². The fourth-order valence-electron chi connectivity index (χ4n) is 2.43. The Bertz CT molecular complexity index is 920. The monoisotopic (exact) mass is 350 g/mol. The molecule has 0 atom stereocenters. The summed E-state index contributed by atoms with van der Waals surface area (Å²) in [6.45, 7) is 0. The van der Waals surface area contributed by atoms with Crippen LogP contribution in [0.4, 0.5) is 0 Å². The number of hydrogen-bond donors (Lipinski definition) is 2. The first-order chi connectivity index (χ1) is 12.7. The van der Waals surface area contributed by atoms with Crippen LogP contribution in [-0.4, -0.2) is 36.5 Å². The third-order valence-corrected chi connectivity index (χ3v) is 3.70. The summed E-state index contributed by atoms with van der Waals surface area (Å²) in [7, 11) is 3.10.